The highest BCUT2D eigenvalue weighted by Gasteiger charge is 2.65. The zero-order chi connectivity index (χ0) is 43.6. The van der Waals surface area contributed by atoms with Crippen molar-refractivity contribution >= 4 is 50.9 Å². The van der Waals surface area contributed by atoms with Crippen LogP contribution in [0.1, 0.15) is 88.7 Å². The number of hydrogen-bond donors (Lipinski definition) is 6. The second-order valence-electron chi connectivity index (χ2n) is 16.0. The van der Waals surface area contributed by atoms with Crippen molar-refractivity contribution in [2.24, 2.45) is 22.4 Å². The number of piperidine rings is 1. The lowest BCUT2D eigenvalue weighted by Crippen LogP contribution is -2.63. The van der Waals surface area contributed by atoms with Crippen molar-refractivity contribution in [3.63, 3.8) is 0 Å². The number of Topliss-reactive ketones (excluding diaryl/α,β-unsaturated/α-hetero) is 1. The molecule has 4 aliphatic rings. The Balaban J connectivity index is 1.26. The van der Waals surface area contributed by atoms with Gasteiger partial charge in [-0.25, -0.2) is 4.79 Å². The smallest absolute Gasteiger partial charge is 0.333 e. The molecule has 3 unspecified atom stereocenters. The van der Waals surface area contributed by atoms with Gasteiger partial charge in [0.2, 0.25) is 17.7 Å². The van der Waals surface area contributed by atoms with Crippen LogP contribution in [-0.4, -0.2) is 117 Å². The lowest BCUT2D eigenvalue weighted by molar-refractivity contribution is -0.147. The van der Waals surface area contributed by atoms with Gasteiger partial charge in [-0.3, -0.25) is 29.0 Å². The number of esters is 1. The number of ketones is 1. The topological polar surface area (TPSA) is 255 Å². The fourth-order valence-electron chi connectivity index (χ4n) is 9.12. The van der Waals surface area contributed by atoms with E-state index in [1.54, 1.807) is 14.2 Å². The number of hydrogen-bond acceptors (Lipinski definition) is 13. The monoisotopic (exact) mass is 856 g/mol. The number of benzene rings is 1. The number of nitrogens with zero attached hydrogens (tertiary/aromatic N) is 2. The summed E-state index contributed by atoms with van der Waals surface area (Å²) in [6.07, 6.45) is 5.28. The Morgan fingerprint density at radius 2 is 1.75 bits per heavy atom. The molecule has 8 atom stereocenters. The van der Waals surface area contributed by atoms with Gasteiger partial charge in [0.1, 0.15) is 17.8 Å². The quantitative estimate of drug-likeness (QED) is 0.0310. The minimum absolute atomic E-state index is 0.0847. The average molecular weight is 857 g/mol. The van der Waals surface area contributed by atoms with Gasteiger partial charge in [-0.1, -0.05) is 6.07 Å². The number of carbonyl (C=O) groups excluding carboxylic acids is 6. The van der Waals surface area contributed by atoms with Gasteiger partial charge in [0.15, 0.2) is 29.3 Å². The molecule has 0 aromatic heterocycles. The summed E-state index contributed by atoms with van der Waals surface area (Å²) in [6, 6.07) is 1.47. The molecule has 0 saturated carbocycles. The van der Waals surface area contributed by atoms with E-state index >= 15 is 0 Å². The number of nitrogens with two attached hydrogens (primary N) is 2. The van der Waals surface area contributed by atoms with Crippen LogP contribution in [0.15, 0.2) is 29.0 Å². The average Bonchev–Trinajstić information content (AvgIpc) is 3.59. The van der Waals surface area contributed by atoms with Crippen molar-refractivity contribution in [2.45, 2.75) is 120 Å². The second kappa shape index (κ2) is 21.1. The molecule has 1 aromatic rings. The largest absolute Gasteiger partial charge is 0.493 e. The van der Waals surface area contributed by atoms with Crippen LogP contribution in [-0.2, 0) is 49.9 Å². The Morgan fingerprint density at radius 3 is 2.47 bits per heavy atom. The van der Waals surface area contributed by atoms with E-state index in [-0.39, 0.29) is 61.2 Å². The molecular formula is C41H61N8O10P. The first kappa shape index (κ1) is 46.3. The molecule has 1 fully saturated rings. The van der Waals surface area contributed by atoms with E-state index in [2.05, 4.69) is 48.8 Å². The molecule has 1 spiro atoms. The number of rotatable bonds is 22. The van der Waals surface area contributed by atoms with E-state index < -0.39 is 47.5 Å². The number of nitrogens with one attached hydrogen (secondary N) is 4. The van der Waals surface area contributed by atoms with E-state index in [1.807, 2.05) is 21.6 Å². The minimum Gasteiger partial charge on any atom is -0.493 e. The number of guanidine groups is 1. The van der Waals surface area contributed by atoms with Gasteiger partial charge in [-0.15, -0.1) is 0 Å². The number of aliphatic imine (C=N–C) groups is 1. The van der Waals surface area contributed by atoms with Crippen LogP contribution in [0.2, 0.25) is 0 Å². The van der Waals surface area contributed by atoms with Gasteiger partial charge >= 0.3 is 11.9 Å². The summed E-state index contributed by atoms with van der Waals surface area (Å²) >= 11 is 0. The number of unbranched alkanes of at least 4 members (excludes halogenated alkanes) is 1. The number of likely N-dealkylation sites (N-methyl/N-ethyl adjacent to an activating group) is 1. The summed E-state index contributed by atoms with van der Waals surface area (Å²) in [4.78, 5) is 83.5. The summed E-state index contributed by atoms with van der Waals surface area (Å²) < 4.78 is 23.2. The lowest BCUT2D eigenvalue weighted by atomic mass is 9.53. The van der Waals surface area contributed by atoms with Gasteiger partial charge < -0.3 is 56.4 Å². The first-order valence-electron chi connectivity index (χ1n) is 20.7. The SMILES string of the molecule is CN=C(N)NCCC[C@H](NC(C)=O)C(=O)CCC(=O)NC(CCC(=O)NCCCCC(N)C(=O)OP)C(=O)OC1=CC[C@H]2[C@H]3Cc4ccc(OC)c5c4[C@@]2(CCN3C)[C@H]1O5. The van der Waals surface area contributed by atoms with Crippen molar-refractivity contribution in [1.82, 2.24) is 26.2 Å². The molecule has 5 rings (SSSR count). The Hall–Kier alpha value is -4.80. The predicted molar refractivity (Wildman–Crippen MR) is 225 cm³/mol. The number of ether oxygens (including phenoxy) is 3. The van der Waals surface area contributed by atoms with Gasteiger partial charge in [0, 0.05) is 63.3 Å². The highest BCUT2D eigenvalue weighted by atomic mass is 31.0. The number of likely N-dealkylation sites (tertiary alicyclic amines) is 1. The van der Waals surface area contributed by atoms with E-state index in [4.69, 9.17) is 25.7 Å². The van der Waals surface area contributed by atoms with E-state index in [9.17, 15) is 28.8 Å². The third-order valence-corrected chi connectivity index (χ3v) is 12.4. The molecule has 18 nitrogen and oxygen atoms in total. The van der Waals surface area contributed by atoms with Crippen molar-refractivity contribution in [3.05, 3.63) is 35.1 Å². The van der Waals surface area contributed by atoms with Crippen LogP contribution >= 0.6 is 9.47 Å². The summed E-state index contributed by atoms with van der Waals surface area (Å²) in [6.45, 7) is 2.89. The number of methoxy groups -OCH3 is 1. The molecule has 2 aliphatic heterocycles. The third kappa shape index (κ3) is 10.7. The summed E-state index contributed by atoms with van der Waals surface area (Å²) in [5.74, 6) is -0.870. The number of amides is 3. The molecule has 1 aromatic carbocycles. The third-order valence-electron chi connectivity index (χ3n) is 12.2. The molecule has 60 heavy (non-hydrogen) atoms. The molecule has 2 bridgehead atoms. The Morgan fingerprint density at radius 1 is 0.983 bits per heavy atom. The van der Waals surface area contributed by atoms with Crippen molar-refractivity contribution in [1.29, 1.82) is 0 Å². The molecule has 1 saturated heterocycles. The summed E-state index contributed by atoms with van der Waals surface area (Å²) in [5.41, 5.74) is 13.3. The van der Waals surface area contributed by atoms with E-state index in [0.29, 0.717) is 68.9 Å². The zero-order valence-corrected chi connectivity index (χ0v) is 36.2. The Bertz CT molecular complexity index is 1840. The van der Waals surface area contributed by atoms with Crippen LogP contribution in [0, 0.1) is 5.92 Å². The summed E-state index contributed by atoms with van der Waals surface area (Å²) in [7, 11) is 7.17. The maximum Gasteiger partial charge on any atom is 0.333 e. The lowest BCUT2D eigenvalue weighted by Gasteiger charge is -2.56. The molecule has 3 amide bonds. The highest BCUT2D eigenvalue weighted by Crippen LogP contribution is 2.63. The van der Waals surface area contributed by atoms with Crippen LogP contribution in [0.25, 0.3) is 0 Å². The van der Waals surface area contributed by atoms with E-state index in [0.717, 1.165) is 24.9 Å². The van der Waals surface area contributed by atoms with Crippen LogP contribution < -0.4 is 42.2 Å². The van der Waals surface area contributed by atoms with Crippen molar-refractivity contribution in [3.8, 4) is 11.5 Å². The fraction of sp³-hybridized carbons (Fsp3) is 0.634. The highest BCUT2D eigenvalue weighted by molar-refractivity contribution is 7.10. The van der Waals surface area contributed by atoms with Crippen LogP contribution in [0.4, 0.5) is 0 Å². The van der Waals surface area contributed by atoms with Gasteiger partial charge in [-0.05, 0) is 95.0 Å². The molecule has 2 heterocycles. The van der Waals surface area contributed by atoms with E-state index in [1.165, 1.54) is 12.5 Å². The minimum atomic E-state index is -1.24. The molecule has 0 radical (unpaired) electrons. The van der Waals surface area contributed by atoms with Crippen LogP contribution in [0.5, 0.6) is 11.5 Å². The first-order valence-corrected chi connectivity index (χ1v) is 21.2. The van der Waals surface area contributed by atoms with Crippen molar-refractivity contribution < 1.29 is 47.5 Å². The Kier molecular flexibility index (Phi) is 16.3. The van der Waals surface area contributed by atoms with Crippen molar-refractivity contribution in [2.75, 3.05) is 40.8 Å². The zero-order valence-electron chi connectivity index (χ0n) is 35.0. The fourth-order valence-corrected chi connectivity index (χ4v) is 9.30. The molecule has 8 N–H and O–H groups in total. The van der Waals surface area contributed by atoms with Crippen LogP contribution in [0.3, 0.4) is 0 Å². The predicted octanol–water partition coefficient (Wildman–Crippen LogP) is 0.782. The molecular weight excluding hydrogens is 795 g/mol. The maximum absolute atomic E-state index is 14.2. The normalized spacial score (nSPS) is 22.7. The molecule has 330 valence electrons. The molecule has 19 heteroatoms. The van der Waals surface area contributed by atoms with Gasteiger partial charge in [0.25, 0.3) is 0 Å². The standard InChI is InChI=1S/C41H61N8O10P/c1-23(50)47-27(9-7-20-46-40(43)44-2)30(51)13-17-34(53)48-28(12-16-33(52)45-19-6-5-8-26(42)38(54)59-60)39(55)57-32-15-11-25-29-22-24-10-14-31(56-4)36-35(24)41(25,37(32)58-36)18-21-49(29)3/h10,14-15,25-29,37H,5-9,11-13,16-22,42,60H2,1-4H3,(H,45,52)(H,47,50)(H,48,53)(H3,43,44,46)/t25-,26?,27-,28?,29+,37-,41-/m0/s1. The van der Waals surface area contributed by atoms with Gasteiger partial charge in [0.05, 0.1) is 22.6 Å². The second-order valence-corrected chi connectivity index (χ2v) is 16.2. The molecule has 2 aliphatic carbocycles. The maximum atomic E-state index is 14.2. The first-order chi connectivity index (χ1) is 28.7. The number of allylic oxidation sites excluding steroid dienone is 1. The Labute approximate surface area is 353 Å². The summed E-state index contributed by atoms with van der Waals surface area (Å²) in [5, 5.41) is 11.1. The number of carbonyl (C=O) groups is 6. The van der Waals surface area contributed by atoms with Gasteiger partial charge in [-0.2, -0.15) is 0 Å².